The van der Waals surface area contributed by atoms with E-state index < -0.39 is 0 Å². The Morgan fingerprint density at radius 2 is 2.13 bits per heavy atom. The number of carbonyl (C=O) groups is 1. The summed E-state index contributed by atoms with van der Waals surface area (Å²) in [4.78, 5) is 11.7. The molecular weight excluding hydrogens is 256 g/mol. The molecule has 0 aliphatic heterocycles. The highest BCUT2D eigenvalue weighted by Crippen LogP contribution is 2.17. The predicted octanol–water partition coefficient (Wildman–Crippen LogP) is 2.99. The van der Waals surface area contributed by atoms with E-state index in [9.17, 15) is 4.79 Å². The second-order valence-corrected chi connectivity index (χ2v) is 4.19. The zero-order chi connectivity index (χ0) is 11.3. The average Bonchev–Trinajstić information content (AvgIpc) is 2.21. The van der Waals surface area contributed by atoms with Crippen molar-refractivity contribution in [1.29, 1.82) is 0 Å². The zero-order valence-electron chi connectivity index (χ0n) is 9.00. The van der Waals surface area contributed by atoms with Crippen molar-refractivity contribution < 1.29 is 9.53 Å². The van der Waals surface area contributed by atoms with Crippen molar-refractivity contribution in [3.8, 4) is 0 Å². The molecule has 0 aliphatic carbocycles. The van der Waals surface area contributed by atoms with Gasteiger partial charge in [0.25, 0.3) is 0 Å². The lowest BCUT2D eigenvalue weighted by atomic mass is 10.1. The predicted molar refractivity (Wildman–Crippen MR) is 63.9 cm³/mol. The van der Waals surface area contributed by atoms with Crippen molar-refractivity contribution in [2.24, 2.45) is 0 Å². The number of ketones is 1. The molecule has 0 bridgehead atoms. The first-order valence-corrected chi connectivity index (χ1v) is 5.82. The molecule has 1 unspecified atom stereocenters. The molecule has 0 saturated carbocycles. The van der Waals surface area contributed by atoms with Crippen LogP contribution in [-0.2, 0) is 16.0 Å². The van der Waals surface area contributed by atoms with Crippen molar-refractivity contribution >= 4 is 21.7 Å². The van der Waals surface area contributed by atoms with Gasteiger partial charge >= 0.3 is 0 Å². The molecule has 1 aromatic rings. The SMILES string of the molecule is CCOC(C)C(=O)Cc1ccccc1Br. The van der Waals surface area contributed by atoms with E-state index in [0.29, 0.717) is 13.0 Å². The number of ether oxygens (including phenoxy) is 1. The summed E-state index contributed by atoms with van der Waals surface area (Å²) < 4.78 is 6.22. The third-order valence-electron chi connectivity index (χ3n) is 2.19. The Balaban J connectivity index is 2.62. The number of benzene rings is 1. The van der Waals surface area contributed by atoms with Gasteiger partial charge in [0.1, 0.15) is 6.10 Å². The van der Waals surface area contributed by atoms with E-state index in [2.05, 4.69) is 15.9 Å². The molecule has 0 fully saturated rings. The van der Waals surface area contributed by atoms with Crippen LogP contribution >= 0.6 is 15.9 Å². The minimum Gasteiger partial charge on any atom is -0.371 e. The number of carbonyl (C=O) groups excluding carboxylic acids is 1. The molecule has 82 valence electrons. The molecule has 0 heterocycles. The zero-order valence-corrected chi connectivity index (χ0v) is 10.6. The molecule has 2 nitrogen and oxygen atoms in total. The maximum absolute atomic E-state index is 11.7. The fourth-order valence-electron chi connectivity index (χ4n) is 1.32. The first kappa shape index (κ1) is 12.4. The third-order valence-corrected chi connectivity index (χ3v) is 2.97. The van der Waals surface area contributed by atoms with Gasteiger partial charge in [-0.3, -0.25) is 4.79 Å². The lowest BCUT2D eigenvalue weighted by Gasteiger charge is -2.10. The van der Waals surface area contributed by atoms with E-state index in [1.54, 1.807) is 6.92 Å². The summed E-state index contributed by atoms with van der Waals surface area (Å²) in [7, 11) is 0. The van der Waals surface area contributed by atoms with Crippen LogP contribution in [-0.4, -0.2) is 18.5 Å². The van der Waals surface area contributed by atoms with Gasteiger partial charge in [0, 0.05) is 17.5 Å². The van der Waals surface area contributed by atoms with Crippen LogP contribution in [0, 0.1) is 0 Å². The number of rotatable bonds is 5. The van der Waals surface area contributed by atoms with E-state index in [1.165, 1.54) is 0 Å². The van der Waals surface area contributed by atoms with E-state index in [4.69, 9.17) is 4.74 Å². The second-order valence-electron chi connectivity index (χ2n) is 3.33. The number of hydrogen-bond donors (Lipinski definition) is 0. The molecule has 15 heavy (non-hydrogen) atoms. The van der Waals surface area contributed by atoms with E-state index in [1.807, 2.05) is 31.2 Å². The summed E-state index contributed by atoms with van der Waals surface area (Å²) in [5.41, 5.74) is 1.01. The van der Waals surface area contributed by atoms with Crippen LogP contribution in [0.4, 0.5) is 0 Å². The maximum Gasteiger partial charge on any atom is 0.165 e. The number of Topliss-reactive ketones (excluding diaryl/α,β-unsaturated/α-hetero) is 1. The Hall–Kier alpha value is -0.670. The van der Waals surface area contributed by atoms with Crippen LogP contribution in [0.15, 0.2) is 28.7 Å². The minimum absolute atomic E-state index is 0.115. The molecule has 1 aromatic carbocycles. The van der Waals surface area contributed by atoms with Gasteiger partial charge in [-0.2, -0.15) is 0 Å². The second kappa shape index (κ2) is 6.03. The molecule has 1 atom stereocenters. The van der Waals surface area contributed by atoms with Crippen LogP contribution in [0.5, 0.6) is 0 Å². The highest BCUT2D eigenvalue weighted by atomic mass is 79.9. The summed E-state index contributed by atoms with van der Waals surface area (Å²) in [6.45, 7) is 4.26. The van der Waals surface area contributed by atoms with Crippen LogP contribution < -0.4 is 0 Å². The first-order chi connectivity index (χ1) is 7.15. The van der Waals surface area contributed by atoms with Gasteiger partial charge in [-0.25, -0.2) is 0 Å². The minimum atomic E-state index is -0.317. The monoisotopic (exact) mass is 270 g/mol. The Morgan fingerprint density at radius 3 is 2.73 bits per heavy atom. The highest BCUT2D eigenvalue weighted by molar-refractivity contribution is 9.10. The lowest BCUT2D eigenvalue weighted by Crippen LogP contribution is -2.22. The number of halogens is 1. The molecule has 0 saturated heterocycles. The van der Waals surface area contributed by atoms with Crippen molar-refractivity contribution in [3.05, 3.63) is 34.3 Å². The van der Waals surface area contributed by atoms with Gasteiger partial charge in [-0.05, 0) is 25.5 Å². The van der Waals surface area contributed by atoms with Gasteiger partial charge in [0.05, 0.1) is 0 Å². The van der Waals surface area contributed by atoms with Gasteiger partial charge < -0.3 is 4.74 Å². The first-order valence-electron chi connectivity index (χ1n) is 5.03. The van der Waals surface area contributed by atoms with Gasteiger partial charge in [0.15, 0.2) is 5.78 Å². The molecular formula is C12H15BrO2. The average molecular weight is 271 g/mol. The molecule has 0 aromatic heterocycles. The van der Waals surface area contributed by atoms with Crippen LogP contribution in [0.25, 0.3) is 0 Å². The molecule has 0 aliphatic rings. The fourth-order valence-corrected chi connectivity index (χ4v) is 1.74. The van der Waals surface area contributed by atoms with E-state index in [0.717, 1.165) is 10.0 Å². The quantitative estimate of drug-likeness (QED) is 0.823. The summed E-state index contributed by atoms with van der Waals surface area (Å²) in [6, 6.07) is 7.75. The summed E-state index contributed by atoms with van der Waals surface area (Å²) in [5.74, 6) is 0.115. The largest absolute Gasteiger partial charge is 0.371 e. The highest BCUT2D eigenvalue weighted by Gasteiger charge is 2.14. The Morgan fingerprint density at radius 1 is 1.47 bits per heavy atom. The van der Waals surface area contributed by atoms with Crippen molar-refractivity contribution in [3.63, 3.8) is 0 Å². The summed E-state index contributed by atoms with van der Waals surface area (Å²) in [5, 5.41) is 0. The maximum atomic E-state index is 11.7. The molecule has 0 radical (unpaired) electrons. The molecule has 3 heteroatoms. The third kappa shape index (κ3) is 3.76. The Kier molecular flexibility index (Phi) is 4.99. The van der Waals surface area contributed by atoms with E-state index in [-0.39, 0.29) is 11.9 Å². The van der Waals surface area contributed by atoms with Crippen molar-refractivity contribution in [1.82, 2.24) is 0 Å². The smallest absolute Gasteiger partial charge is 0.165 e. The molecule has 1 rings (SSSR count). The normalized spacial score (nSPS) is 12.5. The summed E-state index contributed by atoms with van der Waals surface area (Å²) in [6.07, 6.45) is 0.102. The Labute approximate surface area is 98.8 Å². The van der Waals surface area contributed by atoms with Gasteiger partial charge in [-0.1, -0.05) is 34.1 Å². The number of hydrogen-bond acceptors (Lipinski definition) is 2. The Bertz CT molecular complexity index is 336. The van der Waals surface area contributed by atoms with Crippen LogP contribution in [0.3, 0.4) is 0 Å². The molecule has 0 N–H and O–H groups in total. The summed E-state index contributed by atoms with van der Waals surface area (Å²) >= 11 is 3.42. The standard InChI is InChI=1S/C12H15BrO2/c1-3-15-9(2)12(14)8-10-6-4-5-7-11(10)13/h4-7,9H,3,8H2,1-2H3. The van der Waals surface area contributed by atoms with Gasteiger partial charge in [-0.15, -0.1) is 0 Å². The van der Waals surface area contributed by atoms with Crippen LogP contribution in [0.2, 0.25) is 0 Å². The van der Waals surface area contributed by atoms with Crippen molar-refractivity contribution in [2.75, 3.05) is 6.61 Å². The van der Waals surface area contributed by atoms with Crippen LogP contribution in [0.1, 0.15) is 19.4 Å². The molecule has 0 amide bonds. The van der Waals surface area contributed by atoms with E-state index >= 15 is 0 Å². The molecule has 0 spiro atoms. The lowest BCUT2D eigenvalue weighted by molar-refractivity contribution is -0.128. The topological polar surface area (TPSA) is 26.3 Å². The fraction of sp³-hybridized carbons (Fsp3) is 0.417. The van der Waals surface area contributed by atoms with Crippen molar-refractivity contribution in [2.45, 2.75) is 26.4 Å². The van der Waals surface area contributed by atoms with Gasteiger partial charge in [0.2, 0.25) is 0 Å².